The molecule has 3 rings (SSSR count). The minimum atomic E-state index is -0.0603. The van der Waals surface area contributed by atoms with Crippen LogP contribution in [0.25, 0.3) is 0 Å². The molecule has 0 heterocycles. The summed E-state index contributed by atoms with van der Waals surface area (Å²) in [5.74, 6) is 2.56. The van der Waals surface area contributed by atoms with Crippen molar-refractivity contribution in [2.75, 3.05) is 0 Å². The first kappa shape index (κ1) is 9.26. The van der Waals surface area contributed by atoms with Crippen LogP contribution in [0.3, 0.4) is 0 Å². The van der Waals surface area contributed by atoms with E-state index in [9.17, 15) is 5.11 Å². The molecule has 1 fully saturated rings. The van der Waals surface area contributed by atoms with Crippen LogP contribution in [0.2, 0.25) is 0 Å². The van der Waals surface area contributed by atoms with Gasteiger partial charge in [-0.15, -0.1) is 0 Å². The molecule has 1 N–H and O–H groups in total. The van der Waals surface area contributed by atoms with Crippen LogP contribution in [-0.4, -0.2) is 11.2 Å². The molecular weight excluding hydrogens is 160 g/mol. The zero-order chi connectivity index (χ0) is 9.59. The molecule has 0 amide bonds. The minimum absolute atomic E-state index is 0.0603. The van der Waals surface area contributed by atoms with E-state index in [0.29, 0.717) is 17.8 Å². The fourth-order valence-electron chi connectivity index (χ4n) is 3.08. The summed E-state index contributed by atoms with van der Waals surface area (Å²) in [7, 11) is 0. The van der Waals surface area contributed by atoms with Crippen molar-refractivity contribution >= 4 is 0 Å². The summed E-state index contributed by atoms with van der Waals surface area (Å²) < 4.78 is 0. The van der Waals surface area contributed by atoms with Crippen molar-refractivity contribution in [3.63, 3.8) is 0 Å². The largest absolute Gasteiger partial charge is 0.392 e. The maximum absolute atomic E-state index is 9.89. The number of hydrogen-bond donors (Lipinski definition) is 1. The second kappa shape index (κ2) is 3.13. The van der Waals surface area contributed by atoms with Crippen LogP contribution in [0.5, 0.6) is 0 Å². The van der Waals surface area contributed by atoms with E-state index >= 15 is 0 Å². The maximum atomic E-state index is 9.89. The summed E-state index contributed by atoms with van der Waals surface area (Å²) >= 11 is 0. The van der Waals surface area contributed by atoms with Crippen molar-refractivity contribution in [3.8, 4) is 0 Å². The van der Waals surface area contributed by atoms with Gasteiger partial charge >= 0.3 is 0 Å². The fraction of sp³-hybridized carbons (Fsp3) is 0.833. The van der Waals surface area contributed by atoms with Crippen LogP contribution >= 0.6 is 0 Å². The van der Waals surface area contributed by atoms with Crippen molar-refractivity contribution in [1.29, 1.82) is 0 Å². The molecule has 2 bridgehead atoms. The molecule has 0 aromatic rings. The smallest absolute Gasteiger partial charge is 0.0611 e. The molecule has 0 radical (unpaired) electrons. The van der Waals surface area contributed by atoms with Gasteiger partial charge < -0.3 is 5.11 Å². The Labute approximate surface area is 80.8 Å². The Hall–Kier alpha value is -0.300. The Morgan fingerprint density at radius 1 is 1.38 bits per heavy atom. The van der Waals surface area contributed by atoms with Crippen molar-refractivity contribution in [1.82, 2.24) is 0 Å². The summed E-state index contributed by atoms with van der Waals surface area (Å²) in [4.78, 5) is 0. The standard InChI is InChI=1S/C12H20O/c1-7(2)10-5-9-6-12(13)11(10)4-8(9)3/h4,7,9-13H,5-6H2,1-3H3. The molecule has 0 aromatic carbocycles. The first-order valence-electron chi connectivity index (χ1n) is 5.46. The predicted octanol–water partition coefficient (Wildman–Crippen LogP) is 2.61. The van der Waals surface area contributed by atoms with Gasteiger partial charge in [0.05, 0.1) is 6.10 Å². The highest BCUT2D eigenvalue weighted by atomic mass is 16.3. The van der Waals surface area contributed by atoms with Gasteiger partial charge in [-0.2, -0.15) is 0 Å². The molecule has 1 saturated carbocycles. The Kier molecular flexibility index (Phi) is 2.23. The summed E-state index contributed by atoms with van der Waals surface area (Å²) in [5.41, 5.74) is 1.52. The Morgan fingerprint density at radius 3 is 2.62 bits per heavy atom. The monoisotopic (exact) mass is 180 g/mol. The third-order valence-electron chi connectivity index (χ3n) is 3.98. The van der Waals surface area contributed by atoms with Gasteiger partial charge in [0.25, 0.3) is 0 Å². The molecule has 0 aliphatic heterocycles. The normalized spacial score (nSPS) is 43.9. The topological polar surface area (TPSA) is 20.2 Å². The van der Waals surface area contributed by atoms with Crippen molar-refractivity contribution < 1.29 is 5.11 Å². The molecule has 4 atom stereocenters. The lowest BCUT2D eigenvalue weighted by atomic mass is 9.61. The summed E-state index contributed by atoms with van der Waals surface area (Å²) in [6.45, 7) is 6.78. The first-order valence-corrected chi connectivity index (χ1v) is 5.46. The van der Waals surface area contributed by atoms with E-state index in [-0.39, 0.29) is 6.10 Å². The van der Waals surface area contributed by atoms with Gasteiger partial charge in [-0.1, -0.05) is 25.5 Å². The lowest BCUT2D eigenvalue weighted by molar-refractivity contribution is 0.00928. The van der Waals surface area contributed by atoms with Gasteiger partial charge in [0.1, 0.15) is 0 Å². The number of fused-ring (bicyclic) bond motifs is 2. The molecule has 1 heteroatoms. The zero-order valence-corrected chi connectivity index (χ0v) is 8.83. The van der Waals surface area contributed by atoms with Crippen LogP contribution < -0.4 is 0 Å². The molecule has 13 heavy (non-hydrogen) atoms. The van der Waals surface area contributed by atoms with Crippen molar-refractivity contribution in [2.45, 2.75) is 39.7 Å². The molecule has 0 aromatic heterocycles. The molecule has 3 aliphatic rings. The van der Waals surface area contributed by atoms with Crippen LogP contribution in [0, 0.1) is 23.7 Å². The quantitative estimate of drug-likeness (QED) is 0.615. The highest BCUT2D eigenvalue weighted by molar-refractivity contribution is 5.18. The van der Waals surface area contributed by atoms with E-state index in [4.69, 9.17) is 0 Å². The molecule has 1 nitrogen and oxygen atoms in total. The third kappa shape index (κ3) is 1.43. The van der Waals surface area contributed by atoms with Crippen LogP contribution in [0.4, 0.5) is 0 Å². The second-order valence-electron chi connectivity index (χ2n) is 5.13. The minimum Gasteiger partial charge on any atom is -0.392 e. The first-order chi connectivity index (χ1) is 6.09. The predicted molar refractivity (Wildman–Crippen MR) is 54.3 cm³/mol. The molecule has 74 valence electrons. The van der Waals surface area contributed by atoms with Gasteiger partial charge in [0, 0.05) is 5.92 Å². The van der Waals surface area contributed by atoms with Crippen molar-refractivity contribution in [2.24, 2.45) is 23.7 Å². The number of allylic oxidation sites excluding steroid dienone is 1. The van der Waals surface area contributed by atoms with Crippen molar-refractivity contribution in [3.05, 3.63) is 11.6 Å². The highest BCUT2D eigenvalue weighted by Crippen LogP contribution is 2.46. The Balaban J connectivity index is 2.23. The van der Waals surface area contributed by atoms with E-state index in [1.807, 2.05) is 0 Å². The second-order valence-corrected chi connectivity index (χ2v) is 5.13. The van der Waals surface area contributed by atoms with Gasteiger partial charge in [0.15, 0.2) is 0 Å². The lowest BCUT2D eigenvalue weighted by Gasteiger charge is -2.45. The number of rotatable bonds is 1. The average Bonchev–Trinajstić information content (AvgIpc) is 2.06. The highest BCUT2D eigenvalue weighted by Gasteiger charge is 2.41. The molecular formula is C12H20O. The van der Waals surface area contributed by atoms with E-state index < -0.39 is 0 Å². The van der Waals surface area contributed by atoms with E-state index in [2.05, 4.69) is 26.8 Å². The number of aliphatic hydroxyl groups is 1. The van der Waals surface area contributed by atoms with Gasteiger partial charge in [-0.05, 0) is 37.5 Å². The summed E-state index contributed by atoms with van der Waals surface area (Å²) in [6, 6.07) is 0. The molecule has 3 aliphatic carbocycles. The van der Waals surface area contributed by atoms with E-state index in [0.717, 1.165) is 12.3 Å². The van der Waals surface area contributed by atoms with Crippen LogP contribution in [0.1, 0.15) is 33.6 Å². The SMILES string of the molecule is CC1=CC2C(O)CC1CC2C(C)C. The molecule has 4 unspecified atom stereocenters. The molecule has 0 spiro atoms. The van der Waals surface area contributed by atoms with Gasteiger partial charge in [-0.25, -0.2) is 0 Å². The summed E-state index contributed by atoms with van der Waals surface area (Å²) in [5, 5.41) is 9.89. The summed E-state index contributed by atoms with van der Waals surface area (Å²) in [6.07, 6.45) is 4.58. The van der Waals surface area contributed by atoms with Gasteiger partial charge in [0.2, 0.25) is 0 Å². The maximum Gasteiger partial charge on any atom is 0.0611 e. The number of aliphatic hydroxyl groups excluding tert-OH is 1. The van der Waals surface area contributed by atoms with Crippen LogP contribution in [-0.2, 0) is 0 Å². The Bertz CT molecular complexity index is 229. The van der Waals surface area contributed by atoms with E-state index in [1.54, 1.807) is 0 Å². The van der Waals surface area contributed by atoms with E-state index in [1.165, 1.54) is 12.0 Å². The Morgan fingerprint density at radius 2 is 2.08 bits per heavy atom. The van der Waals surface area contributed by atoms with Crippen LogP contribution in [0.15, 0.2) is 11.6 Å². The molecule has 0 saturated heterocycles. The number of hydrogen-bond acceptors (Lipinski definition) is 1. The zero-order valence-electron chi connectivity index (χ0n) is 8.83. The third-order valence-corrected chi connectivity index (χ3v) is 3.98. The van der Waals surface area contributed by atoms with Gasteiger partial charge in [-0.3, -0.25) is 0 Å². The average molecular weight is 180 g/mol. The lowest BCUT2D eigenvalue weighted by Crippen LogP contribution is -2.42. The fourth-order valence-corrected chi connectivity index (χ4v) is 3.08.